The molecule has 0 fully saturated rings. The summed E-state index contributed by atoms with van der Waals surface area (Å²) in [5, 5.41) is 0. The van der Waals surface area contributed by atoms with Gasteiger partial charge in [0.2, 0.25) is 0 Å². The summed E-state index contributed by atoms with van der Waals surface area (Å²) in [7, 11) is -4.47. The molecule has 0 aliphatic rings. The lowest BCUT2D eigenvalue weighted by molar-refractivity contribution is 0.229. The highest BCUT2D eigenvalue weighted by Gasteiger charge is 2.27. The van der Waals surface area contributed by atoms with Crippen molar-refractivity contribution in [2.45, 2.75) is 32.4 Å². The van der Waals surface area contributed by atoms with Crippen LogP contribution in [0.3, 0.4) is 0 Å². The van der Waals surface area contributed by atoms with Gasteiger partial charge in [-0.3, -0.25) is 0 Å². The second kappa shape index (κ2) is 5.72. The van der Waals surface area contributed by atoms with E-state index in [1.54, 1.807) is 13.8 Å². The van der Waals surface area contributed by atoms with Gasteiger partial charge >= 0.3 is 5.76 Å². The van der Waals surface area contributed by atoms with Gasteiger partial charge in [-0.25, -0.2) is 13.1 Å². The molecule has 0 spiro atoms. The Hall–Kier alpha value is -0.270. The first-order valence-corrected chi connectivity index (χ1v) is 6.22. The summed E-state index contributed by atoms with van der Waals surface area (Å²) < 4.78 is 47.4. The van der Waals surface area contributed by atoms with Gasteiger partial charge in [0.05, 0.1) is 0 Å². The summed E-state index contributed by atoms with van der Waals surface area (Å²) in [4.78, 5) is 0. The van der Waals surface area contributed by atoms with Crippen LogP contribution in [0.25, 0.3) is 0 Å². The van der Waals surface area contributed by atoms with Crippen LogP contribution in [0.15, 0.2) is 0 Å². The zero-order valence-corrected chi connectivity index (χ0v) is 9.78. The highest BCUT2D eigenvalue weighted by atomic mass is 32.2. The molecule has 0 amide bonds. The van der Waals surface area contributed by atoms with E-state index in [2.05, 4.69) is 0 Å². The molecule has 0 aliphatic heterocycles. The normalized spacial score (nSPS) is 13.5. The van der Waals surface area contributed by atoms with Crippen molar-refractivity contribution in [3.05, 3.63) is 0 Å². The molecule has 0 aromatic carbocycles. The van der Waals surface area contributed by atoms with Crippen molar-refractivity contribution in [2.75, 3.05) is 13.1 Å². The molecule has 0 unspecified atom stereocenters. The summed E-state index contributed by atoms with van der Waals surface area (Å²) >= 11 is 0. The highest BCUT2D eigenvalue weighted by molar-refractivity contribution is 7.89. The summed E-state index contributed by atoms with van der Waals surface area (Å²) in [6, 6.07) is 0. The standard InChI is InChI=1S/C8H18F2N2O2S/c1-8(2,4-3-5-11)6-12-15(13,14)7(9)10/h7,12H,3-6,11H2,1-2H3. The van der Waals surface area contributed by atoms with Crippen LogP contribution in [0.5, 0.6) is 0 Å². The number of nitrogens with one attached hydrogen (secondary N) is 1. The van der Waals surface area contributed by atoms with Crippen LogP contribution in [0.1, 0.15) is 26.7 Å². The maximum Gasteiger partial charge on any atom is 0.350 e. The van der Waals surface area contributed by atoms with Gasteiger partial charge in [0.15, 0.2) is 0 Å². The van der Waals surface area contributed by atoms with Crippen molar-refractivity contribution < 1.29 is 17.2 Å². The van der Waals surface area contributed by atoms with Crippen molar-refractivity contribution in [3.63, 3.8) is 0 Å². The van der Waals surface area contributed by atoms with Crippen LogP contribution < -0.4 is 10.5 Å². The SMILES string of the molecule is CC(C)(CCCN)CNS(=O)(=O)C(F)F. The van der Waals surface area contributed by atoms with E-state index < -0.39 is 15.8 Å². The van der Waals surface area contributed by atoms with Gasteiger partial charge in [-0.1, -0.05) is 13.8 Å². The van der Waals surface area contributed by atoms with E-state index in [9.17, 15) is 17.2 Å². The molecular formula is C8H18F2N2O2S. The Morgan fingerprint density at radius 3 is 2.33 bits per heavy atom. The molecule has 0 saturated carbocycles. The molecule has 0 aliphatic carbocycles. The summed E-state index contributed by atoms with van der Waals surface area (Å²) in [6.45, 7) is 4.11. The molecule has 0 atom stereocenters. The van der Waals surface area contributed by atoms with Crippen LogP contribution in [-0.2, 0) is 10.0 Å². The zero-order chi connectivity index (χ0) is 12.1. The lowest BCUT2D eigenvalue weighted by Gasteiger charge is -2.24. The maximum absolute atomic E-state index is 12.0. The van der Waals surface area contributed by atoms with E-state index in [0.29, 0.717) is 13.0 Å². The first-order valence-electron chi connectivity index (χ1n) is 4.68. The van der Waals surface area contributed by atoms with Crippen LogP contribution in [0.2, 0.25) is 0 Å². The quantitative estimate of drug-likeness (QED) is 0.698. The first-order chi connectivity index (χ1) is 6.71. The molecule has 0 saturated heterocycles. The van der Waals surface area contributed by atoms with Gasteiger partial charge in [0, 0.05) is 6.54 Å². The van der Waals surface area contributed by atoms with Gasteiger partial charge in [0.1, 0.15) is 0 Å². The van der Waals surface area contributed by atoms with Crippen LogP contribution in [-0.4, -0.2) is 27.3 Å². The Morgan fingerprint density at radius 1 is 1.40 bits per heavy atom. The Balaban J connectivity index is 4.14. The van der Waals surface area contributed by atoms with Gasteiger partial charge in [0.25, 0.3) is 10.0 Å². The van der Waals surface area contributed by atoms with E-state index in [4.69, 9.17) is 5.73 Å². The minimum Gasteiger partial charge on any atom is -0.330 e. The molecule has 0 bridgehead atoms. The van der Waals surface area contributed by atoms with Crippen molar-refractivity contribution in [2.24, 2.45) is 11.1 Å². The molecule has 0 aromatic rings. The largest absolute Gasteiger partial charge is 0.350 e. The van der Waals surface area contributed by atoms with Crippen LogP contribution in [0.4, 0.5) is 8.78 Å². The Labute approximate surface area is 89.3 Å². The van der Waals surface area contributed by atoms with Gasteiger partial charge < -0.3 is 5.73 Å². The second-order valence-electron chi connectivity index (χ2n) is 4.18. The molecule has 0 rings (SSSR count). The van der Waals surface area contributed by atoms with Crippen molar-refractivity contribution >= 4 is 10.0 Å². The number of halogens is 2. The second-order valence-corrected chi connectivity index (χ2v) is 5.92. The maximum atomic E-state index is 12.0. The van der Waals surface area contributed by atoms with Crippen molar-refractivity contribution in [1.29, 1.82) is 0 Å². The molecule has 7 heteroatoms. The summed E-state index contributed by atoms with van der Waals surface area (Å²) in [5.74, 6) is -3.37. The Morgan fingerprint density at radius 2 is 1.93 bits per heavy atom. The molecular weight excluding hydrogens is 226 g/mol. The van der Waals surface area contributed by atoms with E-state index >= 15 is 0 Å². The third-order valence-electron chi connectivity index (χ3n) is 2.04. The third kappa shape index (κ3) is 6.01. The zero-order valence-electron chi connectivity index (χ0n) is 8.96. The number of hydrogen-bond donors (Lipinski definition) is 2. The van der Waals surface area contributed by atoms with Crippen molar-refractivity contribution in [3.8, 4) is 0 Å². The van der Waals surface area contributed by atoms with Crippen LogP contribution >= 0.6 is 0 Å². The third-order valence-corrected chi connectivity index (χ3v) is 3.06. The Bertz CT molecular complexity index is 278. The average molecular weight is 244 g/mol. The fraction of sp³-hybridized carbons (Fsp3) is 1.00. The lowest BCUT2D eigenvalue weighted by atomic mass is 9.88. The fourth-order valence-corrected chi connectivity index (χ4v) is 1.75. The van der Waals surface area contributed by atoms with E-state index in [1.807, 2.05) is 4.72 Å². The molecule has 4 nitrogen and oxygen atoms in total. The number of alkyl halides is 2. The predicted molar refractivity (Wildman–Crippen MR) is 55.0 cm³/mol. The number of rotatable bonds is 7. The van der Waals surface area contributed by atoms with E-state index in [1.165, 1.54) is 0 Å². The number of hydrogen-bond acceptors (Lipinski definition) is 3. The topological polar surface area (TPSA) is 72.2 Å². The molecule has 0 heterocycles. The molecule has 0 radical (unpaired) electrons. The molecule has 3 N–H and O–H groups in total. The Kier molecular flexibility index (Phi) is 5.61. The summed E-state index contributed by atoms with van der Waals surface area (Å²) in [6.07, 6.45) is 1.43. The molecule has 0 aromatic heterocycles. The minimum absolute atomic E-state index is 0.000324. The smallest absolute Gasteiger partial charge is 0.330 e. The summed E-state index contributed by atoms with van der Waals surface area (Å²) in [5.41, 5.74) is 4.95. The van der Waals surface area contributed by atoms with Gasteiger partial charge in [-0.2, -0.15) is 8.78 Å². The van der Waals surface area contributed by atoms with Gasteiger partial charge in [-0.05, 0) is 24.8 Å². The van der Waals surface area contributed by atoms with E-state index in [-0.39, 0.29) is 12.0 Å². The van der Waals surface area contributed by atoms with E-state index in [0.717, 1.165) is 6.42 Å². The van der Waals surface area contributed by atoms with Crippen molar-refractivity contribution in [1.82, 2.24) is 4.72 Å². The number of sulfonamides is 1. The first kappa shape index (κ1) is 14.7. The van der Waals surface area contributed by atoms with Crippen LogP contribution in [0, 0.1) is 5.41 Å². The lowest BCUT2D eigenvalue weighted by Crippen LogP contribution is -2.37. The number of nitrogens with two attached hydrogens (primary N) is 1. The highest BCUT2D eigenvalue weighted by Crippen LogP contribution is 2.21. The minimum atomic E-state index is -4.47. The fourth-order valence-electron chi connectivity index (χ4n) is 1.03. The molecule has 15 heavy (non-hydrogen) atoms. The van der Waals surface area contributed by atoms with Gasteiger partial charge in [-0.15, -0.1) is 0 Å². The average Bonchev–Trinajstić information content (AvgIpc) is 2.12. The predicted octanol–water partition coefficient (Wildman–Crippen LogP) is 0.894. The monoisotopic (exact) mass is 244 g/mol. The molecule has 92 valence electrons.